The summed E-state index contributed by atoms with van der Waals surface area (Å²) in [6.07, 6.45) is -7.69. The number of halogens is 15. The highest BCUT2D eigenvalue weighted by Crippen LogP contribution is 2.62. The molecular formula is C14H12F15NO4. The molecule has 0 aromatic heterocycles. The van der Waals surface area contributed by atoms with Gasteiger partial charge in [-0.2, -0.15) is 65.9 Å². The predicted octanol–water partition coefficient (Wildman–Crippen LogP) is 4.12. The summed E-state index contributed by atoms with van der Waals surface area (Å²) in [6, 6.07) is 0. The van der Waals surface area contributed by atoms with Crippen LogP contribution in [0.5, 0.6) is 0 Å². The van der Waals surface area contributed by atoms with Gasteiger partial charge >= 0.3 is 47.7 Å². The van der Waals surface area contributed by atoms with Gasteiger partial charge < -0.3 is 15.5 Å². The monoisotopic (exact) mass is 543 g/mol. The highest BCUT2D eigenvalue weighted by atomic mass is 19.4. The van der Waals surface area contributed by atoms with Crippen LogP contribution in [0.3, 0.4) is 0 Å². The number of nitrogens with one attached hydrogen (secondary N) is 1. The maximum absolute atomic E-state index is 13.2. The number of carbonyl (C=O) groups excluding carboxylic acids is 1. The van der Waals surface area contributed by atoms with E-state index in [0.29, 0.717) is 5.32 Å². The van der Waals surface area contributed by atoms with E-state index < -0.39 is 66.7 Å². The van der Waals surface area contributed by atoms with Gasteiger partial charge in [0, 0.05) is 12.1 Å². The number of carboxylic acids is 1. The number of aliphatic hydroxyl groups is 1. The third-order valence-electron chi connectivity index (χ3n) is 3.38. The van der Waals surface area contributed by atoms with Crippen LogP contribution in [-0.4, -0.2) is 77.0 Å². The molecule has 5 nitrogen and oxygen atoms in total. The lowest BCUT2D eigenvalue weighted by molar-refractivity contribution is -0.449. The van der Waals surface area contributed by atoms with Crippen molar-refractivity contribution in [3.63, 3.8) is 0 Å². The second kappa shape index (κ2) is 10.1. The molecule has 0 fully saturated rings. The lowest BCUT2D eigenvalue weighted by Crippen LogP contribution is -2.74. The Morgan fingerprint density at radius 1 is 0.706 bits per heavy atom. The van der Waals surface area contributed by atoms with E-state index in [1.165, 1.54) is 6.92 Å². The minimum atomic E-state index is -8.44. The van der Waals surface area contributed by atoms with Crippen LogP contribution in [0.1, 0.15) is 6.92 Å². The molecule has 0 saturated carbocycles. The van der Waals surface area contributed by atoms with Gasteiger partial charge in [-0.15, -0.1) is 0 Å². The van der Waals surface area contributed by atoms with E-state index in [2.05, 4.69) is 6.58 Å². The maximum Gasteiger partial charge on any atom is 0.460 e. The molecule has 0 rings (SSSR count). The molecule has 0 heterocycles. The lowest BCUT2D eigenvalue weighted by atomic mass is 9.91. The SMILES string of the molecule is C=C(C)C(=O)O.O=C(NCCO)C(F)(F)C(F)(F)C(F)(F)C(F)(F)C(F)(F)C(F)(F)C(F)(F)F. The van der Waals surface area contributed by atoms with Crippen molar-refractivity contribution in [1.29, 1.82) is 0 Å². The van der Waals surface area contributed by atoms with Crippen LogP contribution in [0.4, 0.5) is 65.9 Å². The Balaban J connectivity index is 0. The average Bonchev–Trinajstić information content (AvgIpc) is 2.64. The van der Waals surface area contributed by atoms with Crippen molar-refractivity contribution in [3.8, 4) is 0 Å². The first-order chi connectivity index (χ1) is 14.6. The highest BCUT2D eigenvalue weighted by Gasteiger charge is 2.94. The molecule has 0 aliphatic rings. The van der Waals surface area contributed by atoms with Crippen LogP contribution in [0.25, 0.3) is 0 Å². The third kappa shape index (κ3) is 5.62. The number of aliphatic carboxylic acids is 1. The Morgan fingerprint density at radius 2 is 1.00 bits per heavy atom. The van der Waals surface area contributed by atoms with Crippen LogP contribution in [0.15, 0.2) is 12.2 Å². The van der Waals surface area contributed by atoms with E-state index in [9.17, 15) is 75.4 Å². The Morgan fingerprint density at radius 3 is 1.26 bits per heavy atom. The minimum absolute atomic E-state index is 0.176. The summed E-state index contributed by atoms with van der Waals surface area (Å²) >= 11 is 0. The Kier molecular flexibility index (Phi) is 9.99. The zero-order valence-electron chi connectivity index (χ0n) is 16.0. The maximum atomic E-state index is 13.2. The van der Waals surface area contributed by atoms with E-state index in [1.807, 2.05) is 0 Å². The van der Waals surface area contributed by atoms with E-state index in [1.54, 1.807) is 0 Å². The van der Waals surface area contributed by atoms with Crippen LogP contribution >= 0.6 is 0 Å². The zero-order valence-corrected chi connectivity index (χ0v) is 16.0. The van der Waals surface area contributed by atoms with Crippen molar-refractivity contribution < 1.29 is 85.7 Å². The summed E-state index contributed by atoms with van der Waals surface area (Å²) in [5.74, 6) is -52.6. The molecule has 0 aromatic carbocycles. The largest absolute Gasteiger partial charge is 0.478 e. The molecule has 34 heavy (non-hydrogen) atoms. The number of alkyl halides is 15. The average molecular weight is 543 g/mol. The lowest BCUT2D eigenvalue weighted by Gasteiger charge is -2.41. The second-order valence-corrected chi connectivity index (χ2v) is 6.01. The molecule has 0 atom stereocenters. The minimum Gasteiger partial charge on any atom is -0.478 e. The van der Waals surface area contributed by atoms with Gasteiger partial charge in [0.2, 0.25) is 0 Å². The summed E-state index contributed by atoms with van der Waals surface area (Å²) < 4.78 is 191. The Labute approximate surface area is 178 Å². The van der Waals surface area contributed by atoms with Crippen LogP contribution in [-0.2, 0) is 9.59 Å². The first-order valence-electron chi connectivity index (χ1n) is 7.74. The summed E-state index contributed by atoms with van der Waals surface area (Å²) in [7, 11) is 0. The highest BCUT2D eigenvalue weighted by molar-refractivity contribution is 5.85. The van der Waals surface area contributed by atoms with E-state index in [-0.39, 0.29) is 5.57 Å². The summed E-state index contributed by atoms with van der Waals surface area (Å²) in [5.41, 5.74) is 0.176. The van der Waals surface area contributed by atoms with Crippen molar-refractivity contribution in [1.82, 2.24) is 5.32 Å². The van der Waals surface area contributed by atoms with Gasteiger partial charge in [-0.3, -0.25) is 4.79 Å². The fraction of sp³-hybridized carbons (Fsp3) is 0.714. The van der Waals surface area contributed by atoms with E-state index in [4.69, 9.17) is 10.2 Å². The number of rotatable bonds is 9. The number of hydrogen-bond acceptors (Lipinski definition) is 3. The van der Waals surface area contributed by atoms with Gasteiger partial charge in [0.05, 0.1) is 6.61 Å². The van der Waals surface area contributed by atoms with Gasteiger partial charge in [-0.25, -0.2) is 4.79 Å². The second-order valence-electron chi connectivity index (χ2n) is 6.01. The number of hydrogen-bond donors (Lipinski definition) is 3. The van der Waals surface area contributed by atoms with Crippen molar-refractivity contribution in [2.24, 2.45) is 0 Å². The molecule has 0 saturated heterocycles. The molecule has 1 amide bonds. The normalized spacial score (nSPS) is 14.1. The standard InChI is InChI=1S/C10H6F15NO2.C4H6O2/c11-4(12,3(28)26-1-2-27)5(13,14)6(15,16)7(17,18)8(19,20)9(21,22)10(23,24)25;1-3(2)4(5)6/h27H,1-2H2,(H,26,28);1H2,2H3,(H,5,6). The topological polar surface area (TPSA) is 86.6 Å². The summed E-state index contributed by atoms with van der Waals surface area (Å²) in [6.45, 7) is 1.94. The molecule has 0 aromatic rings. The molecule has 202 valence electrons. The molecule has 0 aliphatic heterocycles. The van der Waals surface area contributed by atoms with Gasteiger partial charge in [0.25, 0.3) is 5.91 Å². The van der Waals surface area contributed by atoms with Gasteiger partial charge in [0.1, 0.15) is 0 Å². The summed E-state index contributed by atoms with van der Waals surface area (Å²) in [5, 5.41) is 16.6. The number of amides is 1. The molecule has 20 heteroatoms. The van der Waals surface area contributed by atoms with Crippen LogP contribution in [0, 0.1) is 0 Å². The van der Waals surface area contributed by atoms with Crippen molar-refractivity contribution in [3.05, 3.63) is 12.2 Å². The predicted molar refractivity (Wildman–Crippen MR) is 78.3 cm³/mol. The smallest absolute Gasteiger partial charge is 0.460 e. The molecule has 0 unspecified atom stereocenters. The quantitative estimate of drug-likeness (QED) is 0.302. The van der Waals surface area contributed by atoms with E-state index in [0.717, 1.165) is 0 Å². The first kappa shape index (κ1) is 33.8. The Bertz CT molecular complexity index is 749. The number of carbonyl (C=O) groups is 2. The van der Waals surface area contributed by atoms with Crippen LogP contribution in [0.2, 0.25) is 0 Å². The van der Waals surface area contributed by atoms with Crippen molar-refractivity contribution in [2.45, 2.75) is 48.6 Å². The van der Waals surface area contributed by atoms with Crippen molar-refractivity contribution in [2.75, 3.05) is 13.2 Å². The summed E-state index contributed by atoms with van der Waals surface area (Å²) in [4.78, 5) is 20.3. The molecule has 0 spiro atoms. The van der Waals surface area contributed by atoms with E-state index >= 15 is 0 Å². The Hall–Kier alpha value is -2.41. The third-order valence-corrected chi connectivity index (χ3v) is 3.38. The molecule has 0 radical (unpaired) electrons. The van der Waals surface area contributed by atoms with Gasteiger partial charge in [-0.05, 0) is 6.92 Å². The van der Waals surface area contributed by atoms with Gasteiger partial charge in [-0.1, -0.05) is 6.58 Å². The molecule has 0 aliphatic carbocycles. The fourth-order valence-corrected chi connectivity index (χ4v) is 1.39. The van der Waals surface area contributed by atoms with Crippen LogP contribution < -0.4 is 5.32 Å². The number of carboxylic acid groups (broad SMARTS) is 1. The molecule has 0 bridgehead atoms. The molecule has 3 N–H and O–H groups in total. The fourth-order valence-electron chi connectivity index (χ4n) is 1.39. The van der Waals surface area contributed by atoms with Crippen molar-refractivity contribution >= 4 is 11.9 Å². The zero-order chi connectivity index (χ0) is 28.4. The number of aliphatic hydroxyl groups excluding tert-OH is 1. The molecular weight excluding hydrogens is 531 g/mol. The van der Waals surface area contributed by atoms with Gasteiger partial charge in [0.15, 0.2) is 0 Å². The first-order valence-corrected chi connectivity index (χ1v) is 7.74.